The lowest BCUT2D eigenvalue weighted by molar-refractivity contribution is -0.0439. The maximum absolute atomic E-state index is 12.7. The number of rotatable bonds is 6. The number of aryl methyl sites for hydroxylation is 1. The molecule has 3 aromatic heterocycles. The summed E-state index contributed by atoms with van der Waals surface area (Å²) in [4.78, 5) is 27.5. The summed E-state index contributed by atoms with van der Waals surface area (Å²) in [5, 5.41) is 3.32. The highest BCUT2D eigenvalue weighted by Crippen LogP contribution is 2.27. The Bertz CT molecular complexity index is 1220. The van der Waals surface area contributed by atoms with Crippen LogP contribution in [0, 0.1) is 6.92 Å². The Morgan fingerprint density at radius 1 is 1.30 bits per heavy atom. The summed E-state index contributed by atoms with van der Waals surface area (Å²) in [7, 11) is 0. The van der Waals surface area contributed by atoms with Crippen LogP contribution in [-0.4, -0.2) is 50.6 Å². The molecule has 0 unspecified atom stereocenters. The van der Waals surface area contributed by atoms with E-state index in [9.17, 15) is 4.79 Å². The van der Waals surface area contributed by atoms with Crippen LogP contribution in [0.3, 0.4) is 0 Å². The van der Waals surface area contributed by atoms with Crippen molar-refractivity contribution in [2.24, 2.45) is 0 Å². The predicted molar refractivity (Wildman–Crippen MR) is 113 cm³/mol. The summed E-state index contributed by atoms with van der Waals surface area (Å²) in [5.41, 5.74) is 4.65. The van der Waals surface area contributed by atoms with Crippen LogP contribution in [-0.2, 0) is 9.47 Å². The molecule has 0 atom stereocenters. The minimum absolute atomic E-state index is 0.196. The number of ether oxygens (including phenoxy) is 2. The second kappa shape index (κ2) is 7.77. The standard InChI is InChI=1S/C21H22N6O3/c1-13-10-14(27-7-6-22-12-27)11-16-19(13)26-20(25-16)18-15(2-4-24-21(18)28)23-5-3-17-29-8-9-30-17/h2,4,6-7,10-12,17H,3,5,8-9H2,1H3,(H,25,26)(H2,23,24,28). The Hall–Kier alpha value is -3.43. The molecule has 3 N–H and O–H groups in total. The summed E-state index contributed by atoms with van der Waals surface area (Å²) >= 11 is 0. The summed E-state index contributed by atoms with van der Waals surface area (Å²) in [6, 6.07) is 5.88. The number of imidazole rings is 2. The van der Waals surface area contributed by atoms with E-state index in [0.717, 1.165) is 22.3 Å². The van der Waals surface area contributed by atoms with E-state index in [1.807, 2.05) is 35.9 Å². The molecule has 9 heteroatoms. The molecule has 154 valence electrons. The SMILES string of the molecule is Cc1cc(-n2ccnc2)cc2[nH]c(-c3c(NCCC4OCCO4)cc[nH]c3=O)nc12. The second-order valence-corrected chi connectivity index (χ2v) is 7.20. The molecule has 9 nitrogen and oxygen atoms in total. The summed E-state index contributed by atoms with van der Waals surface area (Å²) in [6.07, 6.45) is 7.50. The van der Waals surface area contributed by atoms with Crippen molar-refractivity contribution in [2.75, 3.05) is 25.1 Å². The number of anilines is 1. The third-order valence-electron chi connectivity index (χ3n) is 5.15. The number of H-pyrrole nitrogens is 2. The lowest BCUT2D eigenvalue weighted by Crippen LogP contribution is -2.17. The maximum atomic E-state index is 12.7. The van der Waals surface area contributed by atoms with Gasteiger partial charge in [0.05, 0.1) is 36.3 Å². The third kappa shape index (κ3) is 3.49. The van der Waals surface area contributed by atoms with Gasteiger partial charge in [0.25, 0.3) is 5.56 Å². The van der Waals surface area contributed by atoms with Crippen molar-refractivity contribution in [3.05, 3.63) is 59.0 Å². The molecule has 0 saturated carbocycles. The fourth-order valence-electron chi connectivity index (χ4n) is 3.71. The third-order valence-corrected chi connectivity index (χ3v) is 5.15. The first kappa shape index (κ1) is 18.6. The van der Waals surface area contributed by atoms with E-state index in [0.29, 0.717) is 43.3 Å². The van der Waals surface area contributed by atoms with Crippen LogP contribution < -0.4 is 10.9 Å². The first-order valence-electron chi connectivity index (χ1n) is 9.87. The highest BCUT2D eigenvalue weighted by Gasteiger charge is 2.18. The summed E-state index contributed by atoms with van der Waals surface area (Å²) in [6.45, 7) is 3.87. The van der Waals surface area contributed by atoms with Crippen molar-refractivity contribution in [2.45, 2.75) is 19.6 Å². The topological polar surface area (TPSA) is 110 Å². The average molecular weight is 406 g/mol. The van der Waals surface area contributed by atoms with Gasteiger partial charge in [-0.2, -0.15) is 0 Å². The van der Waals surface area contributed by atoms with Crippen molar-refractivity contribution in [3.63, 3.8) is 0 Å². The zero-order chi connectivity index (χ0) is 20.5. The minimum atomic E-state index is -0.208. The van der Waals surface area contributed by atoms with Gasteiger partial charge in [0.1, 0.15) is 11.4 Å². The number of hydrogen-bond donors (Lipinski definition) is 3. The molecule has 1 saturated heterocycles. The highest BCUT2D eigenvalue weighted by molar-refractivity contribution is 5.86. The second-order valence-electron chi connectivity index (χ2n) is 7.20. The van der Waals surface area contributed by atoms with E-state index < -0.39 is 0 Å². The molecular formula is C21H22N6O3. The Kier molecular flexibility index (Phi) is 4.82. The summed E-state index contributed by atoms with van der Waals surface area (Å²) < 4.78 is 12.9. The quantitative estimate of drug-likeness (QED) is 0.454. The van der Waals surface area contributed by atoms with E-state index >= 15 is 0 Å². The predicted octanol–water partition coefficient (Wildman–Crippen LogP) is 2.59. The van der Waals surface area contributed by atoms with Crippen LogP contribution in [0.25, 0.3) is 28.1 Å². The van der Waals surface area contributed by atoms with Crippen molar-refractivity contribution in [3.8, 4) is 17.1 Å². The zero-order valence-electron chi connectivity index (χ0n) is 16.5. The van der Waals surface area contributed by atoms with E-state index in [-0.39, 0.29) is 11.8 Å². The first-order chi connectivity index (χ1) is 14.7. The van der Waals surface area contributed by atoms with Gasteiger partial charge in [-0.3, -0.25) is 4.79 Å². The van der Waals surface area contributed by atoms with Crippen molar-refractivity contribution in [1.82, 2.24) is 24.5 Å². The molecule has 0 bridgehead atoms. The lowest BCUT2D eigenvalue weighted by Gasteiger charge is -2.12. The molecule has 0 amide bonds. The van der Waals surface area contributed by atoms with Gasteiger partial charge in [0.2, 0.25) is 0 Å². The lowest BCUT2D eigenvalue weighted by atomic mass is 10.2. The van der Waals surface area contributed by atoms with Crippen LogP contribution in [0.2, 0.25) is 0 Å². The Balaban J connectivity index is 1.48. The molecule has 0 spiro atoms. The summed E-state index contributed by atoms with van der Waals surface area (Å²) in [5.74, 6) is 0.522. The number of aromatic amines is 2. The Morgan fingerprint density at radius 2 is 2.17 bits per heavy atom. The van der Waals surface area contributed by atoms with Gasteiger partial charge in [0.15, 0.2) is 6.29 Å². The number of fused-ring (bicyclic) bond motifs is 1. The molecule has 1 aromatic carbocycles. The normalized spacial score (nSPS) is 14.6. The average Bonchev–Trinajstić information content (AvgIpc) is 3.49. The van der Waals surface area contributed by atoms with E-state index in [1.54, 1.807) is 18.7 Å². The molecule has 1 fully saturated rings. The van der Waals surface area contributed by atoms with Crippen molar-refractivity contribution in [1.29, 1.82) is 0 Å². The van der Waals surface area contributed by atoms with Crippen LogP contribution >= 0.6 is 0 Å². The number of nitrogens with zero attached hydrogens (tertiary/aromatic N) is 3. The van der Waals surface area contributed by atoms with Gasteiger partial charge in [-0.25, -0.2) is 9.97 Å². The van der Waals surface area contributed by atoms with Crippen molar-refractivity contribution >= 4 is 16.7 Å². The van der Waals surface area contributed by atoms with Crippen LogP contribution in [0.1, 0.15) is 12.0 Å². The molecule has 5 rings (SSSR count). The number of benzene rings is 1. The number of pyridine rings is 1. The van der Waals surface area contributed by atoms with Gasteiger partial charge >= 0.3 is 0 Å². The monoisotopic (exact) mass is 406 g/mol. The van der Waals surface area contributed by atoms with E-state index in [4.69, 9.17) is 14.5 Å². The molecular weight excluding hydrogens is 384 g/mol. The fraction of sp³-hybridized carbons (Fsp3) is 0.286. The fourth-order valence-corrected chi connectivity index (χ4v) is 3.71. The van der Waals surface area contributed by atoms with Gasteiger partial charge in [-0.05, 0) is 30.7 Å². The van der Waals surface area contributed by atoms with Gasteiger partial charge in [-0.1, -0.05) is 0 Å². The van der Waals surface area contributed by atoms with Gasteiger partial charge < -0.3 is 29.3 Å². The first-order valence-corrected chi connectivity index (χ1v) is 9.87. The van der Waals surface area contributed by atoms with E-state index in [2.05, 4.69) is 20.3 Å². The maximum Gasteiger partial charge on any atom is 0.261 e. The molecule has 4 aromatic rings. The number of aromatic nitrogens is 5. The number of hydrogen-bond acceptors (Lipinski definition) is 6. The largest absolute Gasteiger partial charge is 0.384 e. The van der Waals surface area contributed by atoms with Crippen LogP contribution in [0.15, 0.2) is 47.9 Å². The van der Waals surface area contributed by atoms with Gasteiger partial charge in [-0.15, -0.1) is 0 Å². The molecule has 4 heterocycles. The Morgan fingerprint density at radius 3 is 2.97 bits per heavy atom. The molecule has 1 aliphatic heterocycles. The highest BCUT2D eigenvalue weighted by atomic mass is 16.7. The van der Waals surface area contributed by atoms with E-state index in [1.165, 1.54) is 0 Å². The minimum Gasteiger partial charge on any atom is -0.384 e. The Labute approximate surface area is 172 Å². The number of nitrogens with one attached hydrogen (secondary N) is 3. The molecule has 0 aliphatic carbocycles. The van der Waals surface area contributed by atoms with Crippen molar-refractivity contribution < 1.29 is 9.47 Å². The van der Waals surface area contributed by atoms with Crippen LogP contribution in [0.5, 0.6) is 0 Å². The zero-order valence-corrected chi connectivity index (χ0v) is 16.5. The molecule has 1 aliphatic rings. The smallest absolute Gasteiger partial charge is 0.261 e. The van der Waals surface area contributed by atoms with Gasteiger partial charge in [0, 0.05) is 37.2 Å². The molecule has 30 heavy (non-hydrogen) atoms. The molecule has 0 radical (unpaired) electrons. The van der Waals surface area contributed by atoms with Crippen LogP contribution in [0.4, 0.5) is 5.69 Å².